The first-order valence-electron chi connectivity index (χ1n) is 13.3. The van der Waals surface area contributed by atoms with Crippen molar-refractivity contribution in [1.82, 2.24) is 0 Å². The van der Waals surface area contributed by atoms with E-state index >= 15 is 0 Å². The number of hydrogen-bond donors (Lipinski definition) is 0. The molecule has 0 aromatic heterocycles. The molecule has 3 fully saturated rings. The molecule has 1 saturated carbocycles. The molecule has 2 heterocycles. The molecular formula is C26H45IO7Si. The molecular weight excluding hydrogens is 579 g/mol. The van der Waals surface area contributed by atoms with Crippen LogP contribution < -0.4 is 0 Å². The van der Waals surface area contributed by atoms with Gasteiger partial charge in [-0.05, 0) is 57.4 Å². The van der Waals surface area contributed by atoms with Gasteiger partial charge in [0.2, 0.25) is 0 Å². The SMILES string of the molecule is CC(=O)OC1CC(OC2CCCCO2)C(C(C)(C)O[SiH2]C(C)(C)C)C1CC(I)C1CCCC(=O)O1. The van der Waals surface area contributed by atoms with Gasteiger partial charge in [0.05, 0.1) is 11.7 Å². The van der Waals surface area contributed by atoms with Gasteiger partial charge in [-0.25, -0.2) is 0 Å². The van der Waals surface area contributed by atoms with Crippen LogP contribution in [0.5, 0.6) is 0 Å². The van der Waals surface area contributed by atoms with Gasteiger partial charge in [-0.15, -0.1) is 0 Å². The molecule has 3 aliphatic rings. The zero-order valence-electron chi connectivity index (χ0n) is 22.3. The number of halogens is 1. The van der Waals surface area contributed by atoms with Crippen LogP contribution in [0.1, 0.15) is 92.9 Å². The van der Waals surface area contributed by atoms with E-state index in [1.807, 2.05) is 0 Å². The highest BCUT2D eigenvalue weighted by molar-refractivity contribution is 14.1. The fourth-order valence-corrected chi connectivity index (χ4v) is 7.81. The highest BCUT2D eigenvalue weighted by atomic mass is 127. The van der Waals surface area contributed by atoms with Gasteiger partial charge in [0, 0.05) is 42.1 Å². The summed E-state index contributed by atoms with van der Waals surface area (Å²) in [6.45, 7) is 13.2. The van der Waals surface area contributed by atoms with E-state index in [-0.39, 0.29) is 57.3 Å². The molecule has 7 unspecified atom stereocenters. The lowest BCUT2D eigenvalue weighted by Crippen LogP contribution is -2.47. The summed E-state index contributed by atoms with van der Waals surface area (Å²) in [4.78, 5) is 24.1. The lowest BCUT2D eigenvalue weighted by molar-refractivity contribution is -0.207. The number of hydrogen-bond acceptors (Lipinski definition) is 7. The number of carbonyl (C=O) groups is 2. The topological polar surface area (TPSA) is 80.3 Å². The van der Waals surface area contributed by atoms with E-state index in [9.17, 15) is 9.59 Å². The second kappa shape index (κ2) is 12.5. The number of cyclic esters (lactones) is 1. The Morgan fingerprint density at radius 3 is 2.49 bits per heavy atom. The highest BCUT2D eigenvalue weighted by Gasteiger charge is 2.54. The van der Waals surface area contributed by atoms with Gasteiger partial charge >= 0.3 is 11.9 Å². The third-order valence-electron chi connectivity index (χ3n) is 7.32. The standard InChI is InChI=1S/C26H45IO7Si/c1-16(28)31-20-15-21(33-23-12-7-8-13-30-23)24(26(5,6)34-35-25(2,3)4)17(20)14-18(27)19-10-9-11-22(29)32-19/h17-21,23-24H,7-15,35H2,1-6H3. The number of esters is 2. The maximum atomic E-state index is 12.1. The smallest absolute Gasteiger partial charge is 0.306 e. The molecule has 2 saturated heterocycles. The van der Waals surface area contributed by atoms with Gasteiger partial charge in [-0.2, -0.15) is 0 Å². The van der Waals surface area contributed by atoms with E-state index in [2.05, 4.69) is 57.2 Å². The molecule has 2 aliphatic heterocycles. The first-order valence-corrected chi connectivity index (χ1v) is 15.8. The maximum Gasteiger partial charge on any atom is 0.306 e. The minimum Gasteiger partial charge on any atom is -0.462 e. The maximum absolute atomic E-state index is 12.1. The molecule has 7 nitrogen and oxygen atoms in total. The van der Waals surface area contributed by atoms with Gasteiger partial charge in [-0.1, -0.05) is 43.4 Å². The normalized spacial score (nSPS) is 33.6. The summed E-state index contributed by atoms with van der Waals surface area (Å²) < 4.78 is 31.0. The number of alkyl halides is 1. The average molecular weight is 625 g/mol. The zero-order chi connectivity index (χ0) is 25.8. The van der Waals surface area contributed by atoms with E-state index in [0.717, 1.165) is 45.1 Å². The summed E-state index contributed by atoms with van der Waals surface area (Å²) in [5, 5.41) is 0.158. The van der Waals surface area contributed by atoms with Crippen LogP contribution in [0, 0.1) is 11.8 Å². The Morgan fingerprint density at radius 1 is 1.14 bits per heavy atom. The van der Waals surface area contributed by atoms with Crippen LogP contribution in [-0.4, -0.2) is 62.4 Å². The molecule has 35 heavy (non-hydrogen) atoms. The van der Waals surface area contributed by atoms with Crippen molar-refractivity contribution in [2.45, 2.75) is 132 Å². The Bertz CT molecular complexity index is 719. The molecule has 0 aromatic rings. The Balaban J connectivity index is 1.86. The minimum absolute atomic E-state index is 0.0313. The zero-order valence-corrected chi connectivity index (χ0v) is 25.9. The van der Waals surface area contributed by atoms with Gasteiger partial charge in [-0.3, -0.25) is 9.59 Å². The molecule has 0 spiro atoms. The van der Waals surface area contributed by atoms with E-state index in [4.69, 9.17) is 23.4 Å². The van der Waals surface area contributed by atoms with E-state index in [0.29, 0.717) is 12.8 Å². The van der Waals surface area contributed by atoms with E-state index in [1.165, 1.54) is 6.92 Å². The van der Waals surface area contributed by atoms with Crippen molar-refractivity contribution in [3.05, 3.63) is 0 Å². The van der Waals surface area contributed by atoms with Gasteiger partial charge < -0.3 is 23.4 Å². The molecule has 0 aromatic carbocycles. The van der Waals surface area contributed by atoms with Gasteiger partial charge in [0.15, 0.2) is 16.1 Å². The summed E-state index contributed by atoms with van der Waals surface area (Å²) in [6.07, 6.45) is 5.97. The molecule has 0 bridgehead atoms. The highest BCUT2D eigenvalue weighted by Crippen LogP contribution is 2.48. The third-order valence-corrected chi connectivity index (χ3v) is 10.4. The molecule has 202 valence electrons. The van der Waals surface area contributed by atoms with Crippen LogP contribution in [0.2, 0.25) is 5.04 Å². The molecule has 7 atom stereocenters. The van der Waals surface area contributed by atoms with Crippen LogP contribution in [0.3, 0.4) is 0 Å². The molecule has 0 amide bonds. The first kappa shape index (κ1) is 29.3. The average Bonchev–Trinajstić information content (AvgIpc) is 3.09. The largest absolute Gasteiger partial charge is 0.462 e. The van der Waals surface area contributed by atoms with Crippen molar-refractivity contribution in [3.63, 3.8) is 0 Å². The molecule has 0 N–H and O–H groups in total. The second-order valence-electron chi connectivity index (χ2n) is 12.2. The Labute approximate surface area is 227 Å². The second-order valence-corrected chi connectivity index (χ2v) is 16.5. The van der Waals surface area contributed by atoms with Crippen molar-refractivity contribution < 1.29 is 33.0 Å². The van der Waals surface area contributed by atoms with Crippen molar-refractivity contribution >= 4 is 44.3 Å². The minimum atomic E-state index is -0.822. The van der Waals surface area contributed by atoms with Crippen LogP contribution in [0.25, 0.3) is 0 Å². The predicted octanol–water partition coefficient (Wildman–Crippen LogP) is 4.85. The summed E-state index contributed by atoms with van der Waals surface area (Å²) >= 11 is 2.42. The Kier molecular flexibility index (Phi) is 10.5. The number of ether oxygens (including phenoxy) is 4. The van der Waals surface area contributed by atoms with Crippen molar-refractivity contribution in [2.75, 3.05) is 6.61 Å². The molecule has 1 aliphatic carbocycles. The number of carbonyl (C=O) groups excluding carboxylic acids is 2. The summed E-state index contributed by atoms with van der Waals surface area (Å²) in [5.41, 5.74) is -0.446. The van der Waals surface area contributed by atoms with E-state index in [1.54, 1.807) is 0 Å². The summed E-state index contributed by atoms with van der Waals surface area (Å²) in [6, 6.07) is 0. The van der Waals surface area contributed by atoms with Gasteiger partial charge in [0.25, 0.3) is 0 Å². The summed E-state index contributed by atoms with van der Waals surface area (Å²) in [5.74, 6) is -0.314. The van der Waals surface area contributed by atoms with E-state index < -0.39 is 15.4 Å². The van der Waals surface area contributed by atoms with Crippen LogP contribution in [0.15, 0.2) is 0 Å². The van der Waals surface area contributed by atoms with Crippen LogP contribution in [-0.2, 0) is 33.0 Å². The Hall–Kier alpha value is -0.233. The quantitative estimate of drug-likeness (QED) is 0.157. The number of rotatable bonds is 9. The fourth-order valence-electron chi connectivity index (χ4n) is 5.72. The van der Waals surface area contributed by atoms with Crippen molar-refractivity contribution in [2.24, 2.45) is 11.8 Å². The monoisotopic (exact) mass is 624 g/mol. The van der Waals surface area contributed by atoms with Gasteiger partial charge in [0.1, 0.15) is 12.2 Å². The van der Waals surface area contributed by atoms with Crippen LogP contribution in [0.4, 0.5) is 0 Å². The first-order chi connectivity index (χ1) is 16.4. The lowest BCUT2D eigenvalue weighted by atomic mass is 9.78. The summed E-state index contributed by atoms with van der Waals surface area (Å²) in [7, 11) is -0.822. The fraction of sp³-hybridized carbons (Fsp3) is 0.923. The molecule has 9 heteroatoms. The van der Waals surface area contributed by atoms with Crippen molar-refractivity contribution in [3.8, 4) is 0 Å². The van der Waals surface area contributed by atoms with Crippen LogP contribution >= 0.6 is 22.6 Å². The predicted molar refractivity (Wildman–Crippen MR) is 145 cm³/mol. The lowest BCUT2D eigenvalue weighted by Gasteiger charge is -2.42. The van der Waals surface area contributed by atoms with Crippen molar-refractivity contribution in [1.29, 1.82) is 0 Å². The molecule has 3 rings (SSSR count). The Morgan fingerprint density at radius 2 is 1.89 bits per heavy atom. The molecule has 0 radical (unpaired) electrons. The third kappa shape index (κ3) is 8.65.